The fourth-order valence-electron chi connectivity index (χ4n) is 2.76. The molecule has 1 saturated carbocycles. The van der Waals surface area contributed by atoms with Gasteiger partial charge in [-0.2, -0.15) is 0 Å². The van der Waals surface area contributed by atoms with Crippen molar-refractivity contribution in [1.29, 1.82) is 0 Å². The molecule has 0 aromatic heterocycles. The Hall–Kier alpha value is -0.640. The van der Waals surface area contributed by atoms with Crippen LogP contribution in [0, 0.1) is 17.8 Å². The Labute approximate surface area is 116 Å². The summed E-state index contributed by atoms with van der Waals surface area (Å²) in [5, 5.41) is 0. The Morgan fingerprint density at radius 3 is 2.17 bits per heavy atom. The quantitative estimate of drug-likeness (QED) is 0.799. The number of rotatable bonds is 4. The number of nitrogens with two attached hydrogens (primary N) is 1. The molecule has 0 saturated heterocycles. The van der Waals surface area contributed by atoms with Gasteiger partial charge in [-0.25, -0.2) is 0 Å². The summed E-state index contributed by atoms with van der Waals surface area (Å²) >= 11 is 5.04. The monoisotopic (exact) mass is 270 g/mol. The first-order chi connectivity index (χ1) is 8.34. The summed E-state index contributed by atoms with van der Waals surface area (Å²) in [6.45, 7) is 6.28. The van der Waals surface area contributed by atoms with Crippen LogP contribution in [0.4, 0.5) is 0 Å². The Morgan fingerprint density at radius 1 is 1.28 bits per heavy atom. The van der Waals surface area contributed by atoms with Gasteiger partial charge in [0.25, 0.3) is 0 Å². The maximum atomic E-state index is 12.5. The lowest BCUT2D eigenvalue weighted by molar-refractivity contribution is -0.135. The first-order valence-electron chi connectivity index (χ1n) is 6.90. The average molecular weight is 270 g/mol. The van der Waals surface area contributed by atoms with Crippen molar-refractivity contribution >= 4 is 23.1 Å². The number of hydrogen-bond donors (Lipinski definition) is 1. The number of nitrogens with zero attached hydrogens (tertiary/aromatic N) is 1. The second kappa shape index (κ2) is 6.50. The van der Waals surface area contributed by atoms with Crippen molar-refractivity contribution in [3.8, 4) is 0 Å². The molecule has 1 fully saturated rings. The summed E-state index contributed by atoms with van der Waals surface area (Å²) in [5.41, 5.74) is 5.71. The van der Waals surface area contributed by atoms with Crippen molar-refractivity contribution in [1.82, 2.24) is 4.90 Å². The smallest absolute Gasteiger partial charge is 0.232 e. The average Bonchev–Trinajstić information content (AvgIpc) is 2.28. The minimum atomic E-state index is -0.315. The van der Waals surface area contributed by atoms with Crippen molar-refractivity contribution in [2.24, 2.45) is 23.5 Å². The van der Waals surface area contributed by atoms with E-state index < -0.39 is 0 Å². The van der Waals surface area contributed by atoms with Crippen molar-refractivity contribution in [2.75, 3.05) is 7.05 Å². The van der Waals surface area contributed by atoms with Gasteiger partial charge in [-0.05, 0) is 37.5 Å². The molecule has 0 aromatic rings. The van der Waals surface area contributed by atoms with Crippen molar-refractivity contribution in [3.63, 3.8) is 0 Å². The predicted molar refractivity (Wildman–Crippen MR) is 79.3 cm³/mol. The Kier molecular flexibility index (Phi) is 5.57. The van der Waals surface area contributed by atoms with Gasteiger partial charge in [0.1, 0.15) is 0 Å². The maximum Gasteiger partial charge on any atom is 0.232 e. The van der Waals surface area contributed by atoms with Crippen LogP contribution in [0.15, 0.2) is 0 Å². The van der Waals surface area contributed by atoms with E-state index in [-0.39, 0.29) is 17.7 Å². The molecule has 3 nitrogen and oxygen atoms in total. The third kappa shape index (κ3) is 3.67. The Morgan fingerprint density at radius 2 is 1.78 bits per heavy atom. The van der Waals surface area contributed by atoms with Crippen LogP contribution in [0.2, 0.25) is 0 Å². The molecule has 0 bridgehead atoms. The van der Waals surface area contributed by atoms with Crippen LogP contribution in [0.25, 0.3) is 0 Å². The summed E-state index contributed by atoms with van der Waals surface area (Å²) in [6, 6.07) is 0.365. The lowest BCUT2D eigenvalue weighted by atomic mass is 9.85. The van der Waals surface area contributed by atoms with Crippen LogP contribution in [0.5, 0.6) is 0 Å². The van der Waals surface area contributed by atoms with E-state index in [0.29, 0.717) is 11.0 Å². The molecule has 0 aliphatic heterocycles. The van der Waals surface area contributed by atoms with E-state index >= 15 is 0 Å². The van der Waals surface area contributed by atoms with E-state index in [2.05, 4.69) is 6.92 Å². The first kappa shape index (κ1) is 15.4. The van der Waals surface area contributed by atoms with Gasteiger partial charge in [-0.15, -0.1) is 0 Å². The molecular weight excluding hydrogens is 244 g/mol. The Balaban J connectivity index is 2.67. The second-order valence-corrected chi connectivity index (χ2v) is 6.46. The lowest BCUT2D eigenvalue weighted by Gasteiger charge is -2.36. The fourth-order valence-corrected chi connectivity index (χ4v) is 3.14. The van der Waals surface area contributed by atoms with E-state index in [0.717, 1.165) is 18.8 Å². The molecule has 0 heterocycles. The van der Waals surface area contributed by atoms with Gasteiger partial charge in [0, 0.05) is 13.1 Å². The van der Waals surface area contributed by atoms with Crippen LogP contribution in [0.3, 0.4) is 0 Å². The number of thiocarbonyl (C=S) groups is 1. The molecule has 1 aliphatic rings. The minimum absolute atomic E-state index is 0.0945. The molecule has 1 unspecified atom stereocenters. The zero-order valence-electron chi connectivity index (χ0n) is 12.0. The third-order valence-electron chi connectivity index (χ3n) is 4.12. The second-order valence-electron chi connectivity index (χ2n) is 5.99. The summed E-state index contributed by atoms with van der Waals surface area (Å²) in [5.74, 6) is 0.739. The molecule has 0 radical (unpaired) electrons. The molecular formula is C14H26N2OS. The Bertz CT molecular complexity index is 309. The van der Waals surface area contributed by atoms with Crippen LogP contribution in [-0.2, 0) is 4.79 Å². The predicted octanol–water partition coefficient (Wildman–Crippen LogP) is 2.58. The molecule has 18 heavy (non-hydrogen) atoms. The van der Waals surface area contributed by atoms with E-state index in [1.807, 2.05) is 25.8 Å². The summed E-state index contributed by atoms with van der Waals surface area (Å²) in [4.78, 5) is 14.7. The van der Waals surface area contributed by atoms with Crippen molar-refractivity contribution < 1.29 is 4.79 Å². The molecule has 1 aliphatic carbocycles. The topological polar surface area (TPSA) is 46.3 Å². The molecule has 104 valence electrons. The van der Waals surface area contributed by atoms with Gasteiger partial charge in [0.15, 0.2) is 0 Å². The van der Waals surface area contributed by atoms with Crippen molar-refractivity contribution in [2.45, 2.75) is 52.5 Å². The summed E-state index contributed by atoms with van der Waals surface area (Å²) < 4.78 is 0. The van der Waals surface area contributed by atoms with Crippen molar-refractivity contribution in [3.05, 3.63) is 0 Å². The molecule has 4 heteroatoms. The molecule has 2 N–H and O–H groups in total. The fraction of sp³-hybridized carbons (Fsp3) is 0.857. The molecule has 1 rings (SSSR count). The third-order valence-corrected chi connectivity index (χ3v) is 4.37. The zero-order chi connectivity index (χ0) is 13.9. The van der Waals surface area contributed by atoms with E-state index in [4.69, 9.17) is 18.0 Å². The van der Waals surface area contributed by atoms with Gasteiger partial charge in [0.2, 0.25) is 5.91 Å². The van der Waals surface area contributed by atoms with Crippen LogP contribution in [-0.4, -0.2) is 28.9 Å². The van der Waals surface area contributed by atoms with E-state index in [9.17, 15) is 4.79 Å². The van der Waals surface area contributed by atoms with Crippen LogP contribution >= 0.6 is 12.2 Å². The van der Waals surface area contributed by atoms with E-state index in [1.165, 1.54) is 12.8 Å². The number of carbonyl (C=O) groups is 1. The van der Waals surface area contributed by atoms with E-state index in [1.54, 1.807) is 0 Å². The highest BCUT2D eigenvalue weighted by Crippen LogP contribution is 2.28. The van der Waals surface area contributed by atoms with Gasteiger partial charge in [-0.1, -0.05) is 33.0 Å². The zero-order valence-corrected chi connectivity index (χ0v) is 12.8. The maximum absolute atomic E-state index is 12.5. The normalized spacial score (nSPS) is 25.8. The number of amides is 1. The highest BCUT2D eigenvalue weighted by Gasteiger charge is 2.32. The van der Waals surface area contributed by atoms with Crippen LogP contribution in [0.1, 0.15) is 46.5 Å². The minimum Gasteiger partial charge on any atom is -0.393 e. The molecule has 0 aromatic carbocycles. The standard InChI is InChI=1S/C14H26N2OS/c1-9(2)12(13(15)18)14(17)16(4)11-7-5-10(3)6-8-11/h9-12H,5-8H2,1-4H3,(H2,15,18). The number of carbonyl (C=O) groups excluding carboxylic acids is 1. The highest BCUT2D eigenvalue weighted by atomic mass is 32.1. The van der Waals surface area contributed by atoms with Gasteiger partial charge < -0.3 is 10.6 Å². The highest BCUT2D eigenvalue weighted by molar-refractivity contribution is 7.80. The van der Waals surface area contributed by atoms with Gasteiger partial charge >= 0.3 is 0 Å². The molecule has 1 atom stereocenters. The van der Waals surface area contributed by atoms with Gasteiger partial charge in [-0.3, -0.25) is 4.79 Å². The lowest BCUT2D eigenvalue weighted by Crippen LogP contribution is -2.47. The summed E-state index contributed by atoms with van der Waals surface area (Å²) in [6.07, 6.45) is 4.63. The van der Waals surface area contributed by atoms with Gasteiger partial charge in [0.05, 0.1) is 10.9 Å². The largest absolute Gasteiger partial charge is 0.393 e. The van der Waals surface area contributed by atoms with Crippen LogP contribution < -0.4 is 5.73 Å². The summed E-state index contributed by atoms with van der Waals surface area (Å²) in [7, 11) is 1.90. The number of hydrogen-bond acceptors (Lipinski definition) is 2. The molecule has 0 spiro atoms. The first-order valence-corrected chi connectivity index (χ1v) is 7.31. The molecule has 1 amide bonds. The SMILES string of the molecule is CC1CCC(N(C)C(=O)C(C(N)=S)C(C)C)CC1.